The van der Waals surface area contributed by atoms with Crippen LogP contribution >= 0.6 is 0 Å². The number of nitrogens with two attached hydrogens (primary N) is 1. The number of ether oxygens (including phenoxy) is 1. The van der Waals surface area contributed by atoms with Crippen LogP contribution in [-0.4, -0.2) is 27.3 Å². The van der Waals surface area contributed by atoms with Crippen molar-refractivity contribution in [1.29, 1.82) is 0 Å². The van der Waals surface area contributed by atoms with E-state index in [1.807, 2.05) is 0 Å². The lowest BCUT2D eigenvalue weighted by Crippen LogP contribution is -2.10. The van der Waals surface area contributed by atoms with Gasteiger partial charge >= 0.3 is 5.97 Å². The zero-order valence-electron chi connectivity index (χ0n) is 10.8. The van der Waals surface area contributed by atoms with Crippen molar-refractivity contribution in [1.82, 2.24) is 14.8 Å². The summed E-state index contributed by atoms with van der Waals surface area (Å²) in [6.45, 7) is 2.04. The molecule has 2 aromatic heterocycles. The fourth-order valence-electron chi connectivity index (χ4n) is 1.58. The molecule has 0 aliphatic carbocycles. The molecule has 0 fully saturated rings. The first-order valence-electron chi connectivity index (χ1n) is 5.79. The standard InChI is InChI=1S/C12H15N5O2/c1-3-19-12(18)9-4-5-14-11(10(9)13)16-8-6-15-17(2)7-8/h4-7H,3,13H2,1-2H3,(H,14,16). The molecular weight excluding hydrogens is 246 g/mol. The van der Waals surface area contributed by atoms with Crippen molar-refractivity contribution < 1.29 is 9.53 Å². The molecule has 0 radical (unpaired) electrons. The van der Waals surface area contributed by atoms with Crippen LogP contribution in [0.3, 0.4) is 0 Å². The first kappa shape index (κ1) is 12.9. The Labute approximate surface area is 110 Å². The SMILES string of the molecule is CCOC(=O)c1ccnc(Nc2cnn(C)c2)c1N. The number of nitrogens with zero attached hydrogens (tertiary/aromatic N) is 3. The van der Waals surface area contributed by atoms with Crippen LogP contribution in [0.2, 0.25) is 0 Å². The van der Waals surface area contributed by atoms with Crippen LogP contribution in [0.25, 0.3) is 0 Å². The second-order valence-corrected chi connectivity index (χ2v) is 3.87. The van der Waals surface area contributed by atoms with E-state index in [0.29, 0.717) is 18.0 Å². The fourth-order valence-corrected chi connectivity index (χ4v) is 1.58. The van der Waals surface area contributed by atoms with E-state index in [0.717, 1.165) is 5.69 Å². The Morgan fingerprint density at radius 3 is 3.00 bits per heavy atom. The van der Waals surface area contributed by atoms with Crippen molar-refractivity contribution in [3.63, 3.8) is 0 Å². The second-order valence-electron chi connectivity index (χ2n) is 3.87. The highest BCUT2D eigenvalue weighted by atomic mass is 16.5. The van der Waals surface area contributed by atoms with Gasteiger partial charge < -0.3 is 15.8 Å². The highest BCUT2D eigenvalue weighted by Crippen LogP contribution is 2.24. The van der Waals surface area contributed by atoms with Gasteiger partial charge in [-0.3, -0.25) is 4.68 Å². The lowest BCUT2D eigenvalue weighted by Gasteiger charge is -2.09. The Morgan fingerprint density at radius 1 is 1.58 bits per heavy atom. The summed E-state index contributed by atoms with van der Waals surface area (Å²) >= 11 is 0. The summed E-state index contributed by atoms with van der Waals surface area (Å²) in [5, 5.41) is 7.03. The fraction of sp³-hybridized carbons (Fsp3) is 0.250. The highest BCUT2D eigenvalue weighted by molar-refractivity contribution is 5.97. The number of aromatic nitrogens is 3. The normalized spacial score (nSPS) is 10.2. The average molecular weight is 261 g/mol. The van der Waals surface area contributed by atoms with Gasteiger partial charge in [-0.2, -0.15) is 5.10 Å². The van der Waals surface area contributed by atoms with Crippen LogP contribution < -0.4 is 11.1 Å². The number of anilines is 3. The quantitative estimate of drug-likeness (QED) is 0.806. The third-order valence-electron chi connectivity index (χ3n) is 2.45. The Bertz CT molecular complexity index is 594. The van der Waals surface area contributed by atoms with Gasteiger partial charge in [0.15, 0.2) is 5.82 Å². The van der Waals surface area contributed by atoms with E-state index in [1.54, 1.807) is 31.0 Å². The first-order chi connectivity index (χ1) is 9.11. The molecule has 0 aliphatic rings. The van der Waals surface area contributed by atoms with E-state index in [9.17, 15) is 4.79 Å². The number of hydrogen-bond acceptors (Lipinski definition) is 6. The number of carbonyl (C=O) groups excluding carboxylic acids is 1. The minimum atomic E-state index is -0.461. The van der Waals surface area contributed by atoms with Gasteiger partial charge in [0.05, 0.1) is 29.7 Å². The van der Waals surface area contributed by atoms with E-state index >= 15 is 0 Å². The zero-order chi connectivity index (χ0) is 13.8. The van der Waals surface area contributed by atoms with Gasteiger partial charge in [0, 0.05) is 19.4 Å². The van der Waals surface area contributed by atoms with E-state index in [1.165, 1.54) is 12.3 Å². The molecule has 100 valence electrons. The molecular formula is C12H15N5O2. The highest BCUT2D eigenvalue weighted by Gasteiger charge is 2.14. The number of aryl methyl sites for hydroxylation is 1. The van der Waals surface area contributed by atoms with Crippen molar-refractivity contribution in [2.75, 3.05) is 17.7 Å². The smallest absolute Gasteiger partial charge is 0.340 e. The van der Waals surface area contributed by atoms with Crippen molar-refractivity contribution in [2.45, 2.75) is 6.92 Å². The number of nitrogen functional groups attached to an aromatic ring is 1. The summed E-state index contributed by atoms with van der Waals surface area (Å²) in [4.78, 5) is 15.8. The van der Waals surface area contributed by atoms with Crippen LogP contribution in [0.1, 0.15) is 17.3 Å². The summed E-state index contributed by atoms with van der Waals surface area (Å²) in [5.41, 5.74) is 7.20. The maximum absolute atomic E-state index is 11.7. The molecule has 2 rings (SSSR count). The molecule has 0 saturated carbocycles. The van der Waals surface area contributed by atoms with Crippen molar-refractivity contribution >= 4 is 23.2 Å². The average Bonchev–Trinajstić information content (AvgIpc) is 2.78. The molecule has 7 nitrogen and oxygen atoms in total. The summed E-state index contributed by atoms with van der Waals surface area (Å²) in [7, 11) is 1.80. The van der Waals surface area contributed by atoms with E-state index in [2.05, 4.69) is 15.4 Å². The van der Waals surface area contributed by atoms with Crippen molar-refractivity contribution in [3.8, 4) is 0 Å². The molecule has 0 unspecified atom stereocenters. The summed E-state index contributed by atoms with van der Waals surface area (Å²) in [6.07, 6.45) is 4.91. The predicted octanol–water partition coefficient (Wildman–Crippen LogP) is 1.32. The van der Waals surface area contributed by atoms with Crippen LogP contribution in [-0.2, 0) is 11.8 Å². The van der Waals surface area contributed by atoms with Gasteiger partial charge in [0.2, 0.25) is 0 Å². The van der Waals surface area contributed by atoms with E-state index in [-0.39, 0.29) is 5.69 Å². The largest absolute Gasteiger partial charge is 0.462 e. The van der Waals surface area contributed by atoms with Gasteiger partial charge in [-0.05, 0) is 13.0 Å². The molecule has 0 spiro atoms. The topological polar surface area (TPSA) is 95.1 Å². The van der Waals surface area contributed by atoms with Crippen molar-refractivity contribution in [2.24, 2.45) is 7.05 Å². The Hall–Kier alpha value is -2.57. The molecule has 0 bridgehead atoms. The van der Waals surface area contributed by atoms with Gasteiger partial charge in [-0.25, -0.2) is 9.78 Å². The monoisotopic (exact) mass is 261 g/mol. The third kappa shape index (κ3) is 2.82. The summed E-state index contributed by atoms with van der Waals surface area (Å²) in [5.74, 6) is -0.0600. The molecule has 19 heavy (non-hydrogen) atoms. The van der Waals surface area contributed by atoms with Crippen LogP contribution in [0.5, 0.6) is 0 Å². The van der Waals surface area contributed by atoms with E-state index in [4.69, 9.17) is 10.5 Å². The van der Waals surface area contributed by atoms with E-state index < -0.39 is 5.97 Å². The molecule has 0 amide bonds. The first-order valence-corrected chi connectivity index (χ1v) is 5.79. The minimum absolute atomic E-state index is 0.254. The number of hydrogen-bond donors (Lipinski definition) is 2. The molecule has 7 heteroatoms. The Morgan fingerprint density at radius 2 is 2.37 bits per heavy atom. The molecule has 0 aromatic carbocycles. The van der Waals surface area contributed by atoms with Gasteiger partial charge in [-0.1, -0.05) is 0 Å². The van der Waals surface area contributed by atoms with Crippen molar-refractivity contribution in [3.05, 3.63) is 30.2 Å². The van der Waals surface area contributed by atoms with Crippen LogP contribution in [0.4, 0.5) is 17.2 Å². The third-order valence-corrected chi connectivity index (χ3v) is 2.45. The minimum Gasteiger partial charge on any atom is -0.462 e. The van der Waals surface area contributed by atoms with Gasteiger partial charge in [-0.15, -0.1) is 0 Å². The lowest BCUT2D eigenvalue weighted by molar-refractivity contribution is 0.0527. The molecule has 2 heterocycles. The number of rotatable bonds is 4. The second kappa shape index (κ2) is 5.38. The Kier molecular flexibility index (Phi) is 3.65. The number of esters is 1. The van der Waals surface area contributed by atoms with Gasteiger partial charge in [0.1, 0.15) is 0 Å². The lowest BCUT2D eigenvalue weighted by atomic mass is 10.2. The van der Waals surface area contributed by atoms with Crippen LogP contribution in [0, 0.1) is 0 Å². The summed E-state index contributed by atoms with van der Waals surface area (Å²) in [6, 6.07) is 1.53. The number of pyridine rings is 1. The predicted molar refractivity (Wildman–Crippen MR) is 71.1 cm³/mol. The maximum Gasteiger partial charge on any atom is 0.340 e. The molecule has 0 atom stereocenters. The number of nitrogens with one attached hydrogen (secondary N) is 1. The zero-order valence-corrected chi connectivity index (χ0v) is 10.8. The molecule has 3 N–H and O–H groups in total. The van der Waals surface area contributed by atoms with Crippen LogP contribution in [0.15, 0.2) is 24.7 Å². The molecule has 2 aromatic rings. The number of carbonyl (C=O) groups is 1. The maximum atomic E-state index is 11.7. The molecule has 0 saturated heterocycles. The van der Waals surface area contributed by atoms with Gasteiger partial charge in [0.25, 0.3) is 0 Å². The summed E-state index contributed by atoms with van der Waals surface area (Å²) < 4.78 is 6.57. The molecule has 0 aliphatic heterocycles. The Balaban J connectivity index is 2.27.